The van der Waals surface area contributed by atoms with Gasteiger partial charge in [0.05, 0.1) is 11.3 Å². The van der Waals surface area contributed by atoms with Crippen LogP contribution in [-0.4, -0.2) is 32.3 Å². The van der Waals surface area contributed by atoms with Gasteiger partial charge in [0.15, 0.2) is 6.10 Å². The minimum Gasteiger partial charge on any atom is -0.487 e. The van der Waals surface area contributed by atoms with Crippen LogP contribution in [0.1, 0.15) is 34.5 Å². The molecule has 1 unspecified atom stereocenters. The van der Waals surface area contributed by atoms with E-state index in [1.807, 2.05) is 31.2 Å². The highest BCUT2D eigenvalue weighted by atomic mass is 32.2. The van der Waals surface area contributed by atoms with Gasteiger partial charge < -0.3 is 19.1 Å². The van der Waals surface area contributed by atoms with Gasteiger partial charge in [-0.3, -0.25) is 0 Å². The number of rotatable bonds is 11. The van der Waals surface area contributed by atoms with E-state index >= 15 is 0 Å². The van der Waals surface area contributed by atoms with Gasteiger partial charge in [-0.05, 0) is 61.9 Å². The molecule has 8 nitrogen and oxygen atoms in total. The molecule has 0 radical (unpaired) electrons. The Kier molecular flexibility index (Phi) is 9.25. The van der Waals surface area contributed by atoms with Gasteiger partial charge in [-0.25, -0.2) is 9.78 Å². The SMILES string of the molecule is Cc1nc(-c2cccc(OCc3nc(-c4ccc(C(F)(F)F)cc4)sc3CSc3ccc(OC(C)C(=O)O)c(C)c3)c2)no1. The molecule has 1 atom stereocenters. The van der Waals surface area contributed by atoms with Crippen molar-refractivity contribution in [2.75, 3.05) is 0 Å². The highest BCUT2D eigenvalue weighted by molar-refractivity contribution is 7.98. The fourth-order valence-electron chi connectivity index (χ4n) is 4.06. The maximum absolute atomic E-state index is 13.1. The van der Waals surface area contributed by atoms with Crippen LogP contribution in [-0.2, 0) is 23.3 Å². The van der Waals surface area contributed by atoms with Crippen LogP contribution in [0.2, 0.25) is 0 Å². The summed E-state index contributed by atoms with van der Waals surface area (Å²) in [5, 5.41) is 13.7. The van der Waals surface area contributed by atoms with Crippen molar-refractivity contribution < 1.29 is 37.1 Å². The van der Waals surface area contributed by atoms with E-state index in [0.29, 0.717) is 45.2 Å². The number of aromatic nitrogens is 3. The maximum atomic E-state index is 13.1. The molecule has 0 fully saturated rings. The summed E-state index contributed by atoms with van der Waals surface area (Å²) < 4.78 is 56.1. The van der Waals surface area contributed by atoms with Crippen molar-refractivity contribution >= 4 is 29.1 Å². The van der Waals surface area contributed by atoms with Crippen LogP contribution in [0, 0.1) is 13.8 Å². The largest absolute Gasteiger partial charge is 0.487 e. The summed E-state index contributed by atoms with van der Waals surface area (Å²) in [4.78, 5) is 22.0. The first-order chi connectivity index (χ1) is 21.0. The molecule has 0 amide bonds. The number of carbonyl (C=O) groups is 1. The summed E-state index contributed by atoms with van der Waals surface area (Å²) in [6.45, 7) is 5.14. The average Bonchev–Trinajstić information content (AvgIpc) is 3.62. The lowest BCUT2D eigenvalue weighted by molar-refractivity contribution is -0.144. The standard InChI is InChI=1S/C31H26F3N3O5S2/c1-17-13-24(11-12-26(17)41-18(2)30(38)39)43-16-27-25(36-29(44-27)20-7-9-22(10-8-20)31(32,33)34)15-40-23-6-4-5-21(14-23)28-35-19(3)42-37-28/h4-14,18H,15-16H2,1-3H3,(H,38,39). The van der Waals surface area contributed by atoms with Gasteiger partial charge in [-0.15, -0.1) is 23.1 Å². The third kappa shape index (κ3) is 7.58. The van der Waals surface area contributed by atoms with Crippen molar-refractivity contribution in [2.45, 2.75) is 50.3 Å². The number of carboxylic acids is 1. The van der Waals surface area contributed by atoms with Crippen molar-refractivity contribution in [3.8, 4) is 33.5 Å². The highest BCUT2D eigenvalue weighted by Crippen LogP contribution is 2.36. The molecule has 1 N–H and O–H groups in total. The number of carboxylic acid groups (broad SMARTS) is 1. The van der Waals surface area contributed by atoms with E-state index < -0.39 is 23.8 Å². The molecule has 0 saturated heterocycles. The molecule has 228 valence electrons. The van der Waals surface area contributed by atoms with E-state index in [9.17, 15) is 18.0 Å². The van der Waals surface area contributed by atoms with Crippen LogP contribution >= 0.6 is 23.1 Å². The first-order valence-corrected chi connectivity index (χ1v) is 15.1. The van der Waals surface area contributed by atoms with Gasteiger partial charge in [0.2, 0.25) is 11.7 Å². The Bertz CT molecular complexity index is 1770. The van der Waals surface area contributed by atoms with Gasteiger partial charge in [0.1, 0.15) is 23.1 Å². The van der Waals surface area contributed by atoms with Crippen molar-refractivity contribution in [3.05, 3.63) is 94.3 Å². The topological polar surface area (TPSA) is 108 Å². The normalized spacial score (nSPS) is 12.2. The number of ether oxygens (including phenoxy) is 2. The fraction of sp³-hybridized carbons (Fsp3) is 0.226. The summed E-state index contributed by atoms with van der Waals surface area (Å²) in [5.74, 6) is 1.40. The number of nitrogens with zero attached hydrogens (tertiary/aromatic N) is 3. The van der Waals surface area contributed by atoms with Gasteiger partial charge in [-0.1, -0.05) is 29.4 Å². The molecule has 3 aromatic carbocycles. The molecule has 0 aliphatic heterocycles. The molecule has 5 aromatic rings. The van der Waals surface area contributed by atoms with Crippen LogP contribution in [0.5, 0.6) is 11.5 Å². The summed E-state index contributed by atoms with van der Waals surface area (Å²) >= 11 is 2.93. The molecule has 5 rings (SSSR count). The fourth-order valence-corrected chi connectivity index (χ4v) is 6.23. The van der Waals surface area contributed by atoms with Crippen molar-refractivity contribution in [2.24, 2.45) is 0 Å². The van der Waals surface area contributed by atoms with Crippen LogP contribution in [0.3, 0.4) is 0 Å². The molecule has 0 bridgehead atoms. The van der Waals surface area contributed by atoms with Gasteiger partial charge in [-0.2, -0.15) is 18.2 Å². The highest BCUT2D eigenvalue weighted by Gasteiger charge is 2.30. The lowest BCUT2D eigenvalue weighted by Crippen LogP contribution is -2.23. The molecule has 0 saturated carbocycles. The van der Waals surface area contributed by atoms with Crippen LogP contribution in [0.4, 0.5) is 13.2 Å². The molecule has 2 heterocycles. The summed E-state index contributed by atoms with van der Waals surface area (Å²) in [6, 6.07) is 17.7. The summed E-state index contributed by atoms with van der Waals surface area (Å²) in [6.07, 6.45) is -5.41. The van der Waals surface area contributed by atoms with Crippen molar-refractivity contribution in [3.63, 3.8) is 0 Å². The Morgan fingerprint density at radius 3 is 2.48 bits per heavy atom. The Morgan fingerprint density at radius 1 is 1.05 bits per heavy atom. The minimum absolute atomic E-state index is 0.126. The Morgan fingerprint density at radius 2 is 1.82 bits per heavy atom. The zero-order valence-electron chi connectivity index (χ0n) is 23.7. The minimum atomic E-state index is -4.43. The van der Waals surface area contributed by atoms with E-state index in [4.69, 9.17) is 24.1 Å². The quantitative estimate of drug-likeness (QED) is 0.143. The Labute approximate surface area is 258 Å². The monoisotopic (exact) mass is 641 g/mol. The molecule has 0 aliphatic carbocycles. The number of thioether (sulfide) groups is 1. The number of thiazole rings is 1. The predicted octanol–water partition coefficient (Wildman–Crippen LogP) is 8.22. The van der Waals surface area contributed by atoms with Crippen LogP contribution in [0.25, 0.3) is 22.0 Å². The third-order valence-corrected chi connectivity index (χ3v) is 8.75. The molecular weight excluding hydrogens is 615 g/mol. The smallest absolute Gasteiger partial charge is 0.416 e. The van der Waals surface area contributed by atoms with Crippen molar-refractivity contribution in [1.82, 2.24) is 15.1 Å². The molecule has 44 heavy (non-hydrogen) atoms. The number of benzene rings is 3. The molecule has 2 aromatic heterocycles. The first-order valence-electron chi connectivity index (χ1n) is 13.3. The van der Waals surface area contributed by atoms with E-state index in [1.165, 1.54) is 30.4 Å². The molecular formula is C31H26F3N3O5S2. The van der Waals surface area contributed by atoms with Crippen LogP contribution in [0.15, 0.2) is 76.1 Å². The zero-order chi connectivity index (χ0) is 31.4. The van der Waals surface area contributed by atoms with E-state index in [-0.39, 0.29) is 6.61 Å². The third-order valence-electron chi connectivity index (χ3n) is 6.40. The van der Waals surface area contributed by atoms with Crippen molar-refractivity contribution in [1.29, 1.82) is 0 Å². The number of hydrogen-bond acceptors (Lipinski definition) is 9. The van der Waals surface area contributed by atoms with Gasteiger partial charge in [0, 0.05) is 33.6 Å². The number of halogens is 3. The Hall–Kier alpha value is -4.36. The zero-order valence-corrected chi connectivity index (χ0v) is 25.3. The second kappa shape index (κ2) is 13.1. The lowest BCUT2D eigenvalue weighted by atomic mass is 10.1. The summed E-state index contributed by atoms with van der Waals surface area (Å²) in [5.41, 5.74) is 2.01. The molecule has 0 aliphatic rings. The Balaban J connectivity index is 1.37. The summed E-state index contributed by atoms with van der Waals surface area (Å²) in [7, 11) is 0. The lowest BCUT2D eigenvalue weighted by Gasteiger charge is -2.13. The molecule has 0 spiro atoms. The van der Waals surface area contributed by atoms with Gasteiger partial charge in [0.25, 0.3) is 0 Å². The second-order valence-corrected chi connectivity index (χ2v) is 11.9. The molecule has 13 heteroatoms. The van der Waals surface area contributed by atoms with Crippen LogP contribution < -0.4 is 9.47 Å². The number of alkyl halides is 3. The number of aryl methyl sites for hydroxylation is 2. The van der Waals surface area contributed by atoms with E-state index in [1.54, 1.807) is 36.9 Å². The van der Waals surface area contributed by atoms with Gasteiger partial charge >= 0.3 is 12.1 Å². The van der Waals surface area contributed by atoms with E-state index in [2.05, 4.69) is 10.1 Å². The second-order valence-electron chi connectivity index (χ2n) is 9.73. The average molecular weight is 642 g/mol. The number of aliphatic carboxylic acids is 1. The first kappa shape index (κ1) is 31.1. The predicted molar refractivity (Wildman–Crippen MR) is 160 cm³/mol. The number of hydrogen-bond donors (Lipinski definition) is 1. The maximum Gasteiger partial charge on any atom is 0.416 e. The van der Waals surface area contributed by atoms with E-state index in [0.717, 1.165) is 33.0 Å².